The van der Waals surface area contributed by atoms with E-state index in [1.165, 1.54) is 29.4 Å². The largest absolute Gasteiger partial charge is 0.301 e. The molecule has 5 nitrogen and oxygen atoms in total. The summed E-state index contributed by atoms with van der Waals surface area (Å²) in [7, 11) is 0. The van der Waals surface area contributed by atoms with Gasteiger partial charge in [0, 0.05) is 16.6 Å². The average Bonchev–Trinajstić information content (AvgIpc) is 3.04. The zero-order valence-electron chi connectivity index (χ0n) is 13.3. The Kier molecular flexibility index (Phi) is 5.22. The molecule has 7 heteroatoms. The Balaban J connectivity index is 1.63. The number of aromatic nitrogens is 3. The van der Waals surface area contributed by atoms with Gasteiger partial charge in [0.05, 0.1) is 10.9 Å². The summed E-state index contributed by atoms with van der Waals surface area (Å²) >= 11 is 2.82. The Hall–Kier alpha value is -2.25. The lowest BCUT2D eigenvalue weighted by Gasteiger charge is -2.09. The first-order chi connectivity index (χ1) is 11.6. The molecule has 3 rings (SSSR count). The fraction of sp³-hybridized carbons (Fsp3) is 0.176. The molecular weight excluding hydrogens is 340 g/mol. The van der Waals surface area contributed by atoms with Gasteiger partial charge in [0.15, 0.2) is 5.13 Å². The van der Waals surface area contributed by atoms with Crippen LogP contribution in [-0.2, 0) is 4.79 Å². The maximum atomic E-state index is 12.3. The van der Waals surface area contributed by atoms with Gasteiger partial charge in [0.2, 0.25) is 5.91 Å². The summed E-state index contributed by atoms with van der Waals surface area (Å²) in [5.41, 5.74) is 2.78. The summed E-state index contributed by atoms with van der Waals surface area (Å²) in [5, 5.41) is 5.93. The van der Waals surface area contributed by atoms with Crippen LogP contribution in [0.1, 0.15) is 12.6 Å². The van der Waals surface area contributed by atoms with Crippen molar-refractivity contribution in [1.29, 1.82) is 0 Å². The van der Waals surface area contributed by atoms with Crippen molar-refractivity contribution >= 4 is 34.1 Å². The standard InChI is InChI=1S/C17H16N4OS2/c1-11-8-15(19-10-18-11)24-12(2)16(22)21-17-20-14(9-23-17)13-6-4-3-5-7-13/h3-10,12H,1-2H3,(H,20,21,22)/t12-/m0/s1. The molecule has 0 spiro atoms. The van der Waals surface area contributed by atoms with Crippen LogP contribution in [0.5, 0.6) is 0 Å². The highest BCUT2D eigenvalue weighted by Crippen LogP contribution is 2.26. The van der Waals surface area contributed by atoms with E-state index in [0.29, 0.717) is 5.13 Å². The van der Waals surface area contributed by atoms with Crippen LogP contribution in [0, 0.1) is 6.92 Å². The van der Waals surface area contributed by atoms with Gasteiger partial charge in [-0.05, 0) is 19.9 Å². The molecule has 1 N–H and O–H groups in total. The number of hydrogen-bond donors (Lipinski definition) is 1. The van der Waals surface area contributed by atoms with Crippen molar-refractivity contribution in [3.63, 3.8) is 0 Å². The molecule has 0 saturated carbocycles. The number of carbonyl (C=O) groups is 1. The number of amides is 1. The Morgan fingerprint density at radius 1 is 1.25 bits per heavy atom. The lowest BCUT2D eigenvalue weighted by atomic mass is 10.2. The van der Waals surface area contributed by atoms with Crippen molar-refractivity contribution in [3.8, 4) is 11.3 Å². The van der Waals surface area contributed by atoms with Crippen LogP contribution in [0.3, 0.4) is 0 Å². The molecule has 0 fully saturated rings. The summed E-state index contributed by atoms with van der Waals surface area (Å²) < 4.78 is 0. The van der Waals surface area contributed by atoms with Crippen LogP contribution in [0.2, 0.25) is 0 Å². The number of carbonyl (C=O) groups excluding carboxylic acids is 1. The third kappa shape index (κ3) is 4.18. The van der Waals surface area contributed by atoms with E-state index in [0.717, 1.165) is 22.0 Å². The summed E-state index contributed by atoms with van der Waals surface area (Å²) in [5.74, 6) is -0.0924. The third-order valence-corrected chi connectivity index (χ3v) is 5.04. The number of nitrogens with one attached hydrogen (secondary N) is 1. The van der Waals surface area contributed by atoms with Gasteiger partial charge < -0.3 is 5.32 Å². The van der Waals surface area contributed by atoms with Crippen LogP contribution in [-0.4, -0.2) is 26.1 Å². The molecule has 24 heavy (non-hydrogen) atoms. The highest BCUT2D eigenvalue weighted by molar-refractivity contribution is 8.00. The van der Waals surface area contributed by atoms with Crippen LogP contribution in [0.4, 0.5) is 5.13 Å². The topological polar surface area (TPSA) is 67.8 Å². The normalized spacial score (nSPS) is 11.9. The smallest absolute Gasteiger partial charge is 0.239 e. The molecule has 0 bridgehead atoms. The van der Waals surface area contributed by atoms with E-state index in [1.54, 1.807) is 0 Å². The number of hydrogen-bond acceptors (Lipinski definition) is 6. The van der Waals surface area contributed by atoms with E-state index in [9.17, 15) is 4.79 Å². The van der Waals surface area contributed by atoms with Crippen molar-refractivity contribution in [3.05, 3.63) is 53.8 Å². The number of benzene rings is 1. The van der Waals surface area contributed by atoms with Gasteiger partial charge in [0.25, 0.3) is 0 Å². The summed E-state index contributed by atoms with van der Waals surface area (Å²) in [6, 6.07) is 11.8. The van der Waals surface area contributed by atoms with Gasteiger partial charge in [-0.2, -0.15) is 0 Å². The first-order valence-electron chi connectivity index (χ1n) is 7.39. The molecule has 0 unspecified atom stereocenters. The maximum absolute atomic E-state index is 12.3. The van der Waals surface area contributed by atoms with Gasteiger partial charge in [-0.25, -0.2) is 15.0 Å². The molecule has 3 aromatic rings. The number of thiazole rings is 1. The summed E-state index contributed by atoms with van der Waals surface area (Å²) in [4.78, 5) is 25.0. The Morgan fingerprint density at radius 2 is 2.04 bits per heavy atom. The van der Waals surface area contributed by atoms with Crippen molar-refractivity contribution in [2.24, 2.45) is 0 Å². The summed E-state index contributed by atoms with van der Waals surface area (Å²) in [6.45, 7) is 3.75. The van der Waals surface area contributed by atoms with E-state index in [-0.39, 0.29) is 11.2 Å². The fourth-order valence-corrected chi connectivity index (χ4v) is 3.61. The van der Waals surface area contributed by atoms with E-state index in [2.05, 4.69) is 20.3 Å². The average molecular weight is 356 g/mol. The molecular formula is C17H16N4OS2. The molecule has 1 amide bonds. The van der Waals surface area contributed by atoms with Gasteiger partial charge in [-0.15, -0.1) is 11.3 Å². The molecule has 2 heterocycles. The van der Waals surface area contributed by atoms with E-state index >= 15 is 0 Å². The minimum Gasteiger partial charge on any atom is -0.301 e. The van der Waals surface area contributed by atoms with Gasteiger partial charge in [-0.3, -0.25) is 4.79 Å². The van der Waals surface area contributed by atoms with E-state index in [1.807, 2.05) is 55.6 Å². The van der Waals surface area contributed by atoms with Crippen molar-refractivity contribution < 1.29 is 4.79 Å². The first kappa shape index (κ1) is 16.6. The van der Waals surface area contributed by atoms with Crippen molar-refractivity contribution in [2.75, 3.05) is 5.32 Å². The molecule has 122 valence electrons. The number of aryl methyl sites for hydroxylation is 1. The highest BCUT2D eigenvalue weighted by Gasteiger charge is 2.17. The van der Waals surface area contributed by atoms with E-state index < -0.39 is 0 Å². The molecule has 0 aliphatic heterocycles. The Bertz CT molecular complexity index is 835. The molecule has 1 atom stereocenters. The lowest BCUT2D eigenvalue weighted by molar-refractivity contribution is -0.115. The fourth-order valence-electron chi connectivity index (χ4n) is 2.01. The second-order valence-corrected chi connectivity index (χ2v) is 7.37. The van der Waals surface area contributed by atoms with Gasteiger partial charge in [0.1, 0.15) is 11.4 Å². The molecule has 2 aromatic heterocycles. The second-order valence-electron chi connectivity index (χ2n) is 5.15. The second kappa shape index (κ2) is 7.55. The van der Waals surface area contributed by atoms with Gasteiger partial charge >= 0.3 is 0 Å². The highest BCUT2D eigenvalue weighted by atomic mass is 32.2. The molecule has 0 aliphatic rings. The number of rotatable bonds is 5. The Labute approximate surface area is 148 Å². The van der Waals surface area contributed by atoms with Crippen LogP contribution in [0.25, 0.3) is 11.3 Å². The van der Waals surface area contributed by atoms with Crippen LogP contribution in [0.15, 0.2) is 53.1 Å². The Morgan fingerprint density at radius 3 is 2.79 bits per heavy atom. The predicted octanol–water partition coefficient (Wildman–Crippen LogP) is 4.03. The van der Waals surface area contributed by atoms with Crippen molar-refractivity contribution in [2.45, 2.75) is 24.1 Å². The van der Waals surface area contributed by atoms with Crippen molar-refractivity contribution in [1.82, 2.24) is 15.0 Å². The van der Waals surface area contributed by atoms with Crippen LogP contribution >= 0.6 is 23.1 Å². The molecule has 0 aliphatic carbocycles. The zero-order valence-corrected chi connectivity index (χ0v) is 14.9. The molecule has 0 saturated heterocycles. The van der Waals surface area contributed by atoms with E-state index in [4.69, 9.17) is 0 Å². The molecule has 1 aromatic carbocycles. The number of nitrogens with zero attached hydrogens (tertiary/aromatic N) is 3. The first-order valence-corrected chi connectivity index (χ1v) is 9.15. The third-order valence-electron chi connectivity index (χ3n) is 3.25. The summed E-state index contributed by atoms with van der Waals surface area (Å²) in [6.07, 6.45) is 1.51. The molecule has 0 radical (unpaired) electrons. The quantitative estimate of drug-likeness (QED) is 0.552. The number of thioether (sulfide) groups is 1. The minimum atomic E-state index is -0.275. The predicted molar refractivity (Wildman–Crippen MR) is 98.3 cm³/mol. The maximum Gasteiger partial charge on any atom is 0.239 e. The number of anilines is 1. The lowest BCUT2D eigenvalue weighted by Crippen LogP contribution is -2.22. The van der Waals surface area contributed by atoms with Gasteiger partial charge in [-0.1, -0.05) is 42.1 Å². The monoisotopic (exact) mass is 356 g/mol. The SMILES string of the molecule is Cc1cc(S[C@@H](C)C(=O)Nc2nc(-c3ccccc3)cs2)ncn1. The zero-order chi connectivity index (χ0) is 16.9. The minimum absolute atomic E-state index is 0.0924. The van der Waals surface area contributed by atoms with Crippen LogP contribution < -0.4 is 5.32 Å².